The van der Waals surface area contributed by atoms with Gasteiger partial charge in [-0.2, -0.15) is 0 Å². The third-order valence-corrected chi connectivity index (χ3v) is 10.1. The highest BCUT2D eigenvalue weighted by molar-refractivity contribution is 5.97. The molecular weight excluding hydrogens is 489 g/mol. The van der Waals surface area contributed by atoms with Crippen LogP contribution >= 0.6 is 0 Å². The molecule has 1 spiro atoms. The number of halogens is 1. The number of carbonyl (C=O) groups is 2. The maximum atomic E-state index is 14.7. The summed E-state index contributed by atoms with van der Waals surface area (Å²) in [5, 5.41) is 13.0. The third-order valence-electron chi connectivity index (χ3n) is 10.1. The molecule has 1 saturated heterocycles. The molecule has 0 aromatic heterocycles. The van der Waals surface area contributed by atoms with Crippen molar-refractivity contribution in [3.05, 3.63) is 52.9 Å². The van der Waals surface area contributed by atoms with E-state index in [2.05, 4.69) is 13.8 Å². The fourth-order valence-electron chi connectivity index (χ4n) is 8.22. The van der Waals surface area contributed by atoms with E-state index in [9.17, 15) is 19.1 Å². The minimum absolute atomic E-state index is 0.00749. The lowest BCUT2D eigenvalue weighted by atomic mass is 9.59. The van der Waals surface area contributed by atoms with Crippen molar-refractivity contribution < 1.29 is 33.3 Å². The van der Waals surface area contributed by atoms with Crippen molar-refractivity contribution in [3.8, 4) is 0 Å². The number of Topliss-reactive ketones (excluding diaryl/α,β-unsaturated/α-hetero) is 1. The van der Waals surface area contributed by atoms with Gasteiger partial charge in [0, 0.05) is 11.6 Å². The number of ketones is 1. The Kier molecular flexibility index (Phi) is 5.26. The minimum atomic E-state index is -1.97. The molecule has 8 atom stereocenters. The van der Waals surface area contributed by atoms with Crippen LogP contribution in [0.15, 0.2) is 41.5 Å². The van der Waals surface area contributed by atoms with Gasteiger partial charge in [0.05, 0.1) is 12.0 Å². The van der Waals surface area contributed by atoms with E-state index < -0.39 is 52.3 Å². The molecule has 0 unspecified atom stereocenters. The zero-order valence-electron chi connectivity index (χ0n) is 22.7. The molecule has 0 amide bonds. The standard InChI is InChI=1S/C30H36FNO6/c1-14-12-29-15(2)10-18-22(27(18,3)4)17(23(29)33)11-16-13-36-28(5,6)38-25(16)30(29,35)24(14)37-26(34)21-19(31)8-7-9-20(21)32/h7-9,11-12,15,17-18,22,24-25,35H,10,13,32H2,1-6H3/t15-,17+,18-,22+,24+,25-,29+,30-/m1/s1. The van der Waals surface area contributed by atoms with Crippen LogP contribution in [0.2, 0.25) is 0 Å². The summed E-state index contributed by atoms with van der Waals surface area (Å²) in [5.74, 6) is -3.20. The van der Waals surface area contributed by atoms with Crippen LogP contribution in [0.3, 0.4) is 0 Å². The van der Waals surface area contributed by atoms with E-state index in [4.69, 9.17) is 19.9 Å². The van der Waals surface area contributed by atoms with Gasteiger partial charge >= 0.3 is 5.97 Å². The molecule has 0 radical (unpaired) electrons. The number of allylic oxidation sites excluding steroid dienone is 1. The van der Waals surface area contributed by atoms with Crippen LogP contribution in [-0.2, 0) is 19.0 Å². The zero-order valence-corrected chi connectivity index (χ0v) is 22.7. The van der Waals surface area contributed by atoms with Crippen LogP contribution in [0.5, 0.6) is 0 Å². The lowest BCUT2D eigenvalue weighted by Crippen LogP contribution is -2.68. The predicted molar refractivity (Wildman–Crippen MR) is 137 cm³/mol. The first-order valence-electron chi connectivity index (χ1n) is 13.4. The SMILES string of the molecule is CC1=C[C@]23C(=O)[C@@H](C=C4COC(C)(C)O[C@H]4[C@]2(O)[C@H]1OC(=O)c1c(N)cccc1F)[C@H]1[C@@H](C[C@H]3C)C1(C)C. The van der Waals surface area contributed by atoms with Crippen molar-refractivity contribution >= 4 is 17.4 Å². The van der Waals surface area contributed by atoms with Gasteiger partial charge in [-0.05, 0) is 73.6 Å². The van der Waals surface area contributed by atoms with Crippen molar-refractivity contribution in [3.63, 3.8) is 0 Å². The number of nitrogen functional groups attached to an aromatic ring is 1. The lowest BCUT2D eigenvalue weighted by Gasteiger charge is -2.52. The second-order valence-corrected chi connectivity index (χ2v) is 13.0. The fraction of sp³-hybridized carbons (Fsp3) is 0.600. The van der Waals surface area contributed by atoms with Crippen LogP contribution < -0.4 is 5.73 Å². The number of benzene rings is 1. The molecule has 4 aliphatic carbocycles. The predicted octanol–water partition coefficient (Wildman–Crippen LogP) is 4.20. The summed E-state index contributed by atoms with van der Waals surface area (Å²) in [7, 11) is 0. The van der Waals surface area contributed by atoms with Crippen molar-refractivity contribution in [2.45, 2.75) is 71.6 Å². The molecule has 5 aliphatic rings. The van der Waals surface area contributed by atoms with Crippen LogP contribution in [0.25, 0.3) is 0 Å². The van der Waals surface area contributed by atoms with Crippen molar-refractivity contribution in [1.82, 2.24) is 0 Å². The summed E-state index contributed by atoms with van der Waals surface area (Å²) < 4.78 is 33.0. The molecule has 204 valence electrons. The highest BCUT2D eigenvalue weighted by atomic mass is 19.1. The van der Waals surface area contributed by atoms with E-state index in [-0.39, 0.29) is 35.3 Å². The van der Waals surface area contributed by atoms with Gasteiger partial charge < -0.3 is 25.1 Å². The number of ether oxygens (including phenoxy) is 3. The molecule has 1 aromatic carbocycles. The fourth-order valence-corrected chi connectivity index (χ4v) is 8.22. The molecule has 1 aliphatic heterocycles. The van der Waals surface area contributed by atoms with Gasteiger partial charge in [-0.25, -0.2) is 9.18 Å². The number of hydrogen-bond acceptors (Lipinski definition) is 7. The van der Waals surface area contributed by atoms with Gasteiger partial charge in [-0.15, -0.1) is 0 Å². The average molecular weight is 526 g/mol. The largest absolute Gasteiger partial charge is 0.451 e. The molecule has 3 fully saturated rings. The first-order chi connectivity index (χ1) is 17.7. The Labute approximate surface area is 222 Å². The lowest BCUT2D eigenvalue weighted by molar-refractivity contribution is -0.302. The number of aliphatic hydroxyl groups is 1. The van der Waals surface area contributed by atoms with Crippen molar-refractivity contribution in [2.75, 3.05) is 12.3 Å². The van der Waals surface area contributed by atoms with Crippen molar-refractivity contribution in [1.29, 1.82) is 0 Å². The van der Waals surface area contributed by atoms with E-state index in [1.165, 1.54) is 12.1 Å². The second kappa shape index (κ2) is 7.77. The van der Waals surface area contributed by atoms with Crippen LogP contribution in [-0.4, -0.2) is 47.1 Å². The van der Waals surface area contributed by atoms with Gasteiger partial charge in [-0.1, -0.05) is 39.0 Å². The molecule has 7 nitrogen and oxygen atoms in total. The molecule has 2 saturated carbocycles. The van der Waals surface area contributed by atoms with E-state index >= 15 is 0 Å². The highest BCUT2D eigenvalue weighted by Crippen LogP contribution is 2.72. The normalized spacial score (nSPS) is 41.9. The summed E-state index contributed by atoms with van der Waals surface area (Å²) in [6.45, 7) is 11.8. The van der Waals surface area contributed by atoms with Crippen LogP contribution in [0.4, 0.5) is 10.1 Å². The zero-order chi connectivity index (χ0) is 27.6. The van der Waals surface area contributed by atoms with Gasteiger partial charge in [0.1, 0.15) is 17.5 Å². The van der Waals surface area contributed by atoms with E-state index in [1.807, 2.05) is 13.0 Å². The Morgan fingerprint density at radius 2 is 1.95 bits per heavy atom. The first-order valence-corrected chi connectivity index (χ1v) is 13.4. The number of esters is 1. The molecule has 1 heterocycles. The summed E-state index contributed by atoms with van der Waals surface area (Å²) in [6, 6.07) is 3.95. The molecule has 1 aromatic rings. The van der Waals surface area contributed by atoms with E-state index in [0.29, 0.717) is 17.1 Å². The number of rotatable bonds is 2. The Morgan fingerprint density at radius 3 is 2.63 bits per heavy atom. The summed E-state index contributed by atoms with van der Waals surface area (Å²) in [4.78, 5) is 28.1. The van der Waals surface area contributed by atoms with Crippen LogP contribution in [0, 0.1) is 40.3 Å². The molecular formula is C30H36FNO6. The Morgan fingerprint density at radius 1 is 1.24 bits per heavy atom. The topological polar surface area (TPSA) is 108 Å². The summed E-state index contributed by atoms with van der Waals surface area (Å²) in [6.07, 6.45) is 2.25. The smallest absolute Gasteiger partial charge is 0.343 e. The maximum Gasteiger partial charge on any atom is 0.343 e. The summed E-state index contributed by atoms with van der Waals surface area (Å²) in [5.41, 5.74) is 3.31. The maximum absolute atomic E-state index is 14.7. The van der Waals surface area contributed by atoms with Gasteiger partial charge in [-0.3, -0.25) is 4.79 Å². The second-order valence-electron chi connectivity index (χ2n) is 13.0. The Balaban J connectivity index is 1.53. The quantitative estimate of drug-likeness (QED) is 0.339. The van der Waals surface area contributed by atoms with E-state index in [1.54, 1.807) is 26.8 Å². The highest BCUT2D eigenvalue weighted by Gasteiger charge is 2.77. The van der Waals surface area contributed by atoms with Crippen molar-refractivity contribution in [2.24, 2.45) is 34.5 Å². The monoisotopic (exact) mass is 525 g/mol. The number of anilines is 1. The third kappa shape index (κ3) is 3.11. The average Bonchev–Trinajstić information content (AvgIpc) is 3.31. The van der Waals surface area contributed by atoms with Gasteiger partial charge in [0.25, 0.3) is 0 Å². The number of carbonyl (C=O) groups excluding carboxylic acids is 2. The minimum Gasteiger partial charge on any atom is -0.451 e. The Hall–Kier alpha value is -2.55. The van der Waals surface area contributed by atoms with Gasteiger partial charge in [0.2, 0.25) is 0 Å². The number of hydrogen-bond donors (Lipinski definition) is 2. The number of nitrogens with two attached hydrogens (primary N) is 1. The molecule has 3 N–H and O–H groups in total. The van der Waals surface area contributed by atoms with Crippen LogP contribution in [0.1, 0.15) is 58.3 Å². The number of fused-ring (bicyclic) bond motifs is 5. The molecule has 38 heavy (non-hydrogen) atoms. The van der Waals surface area contributed by atoms with E-state index in [0.717, 1.165) is 12.5 Å². The molecule has 8 heteroatoms. The van der Waals surface area contributed by atoms with Gasteiger partial charge in [0.15, 0.2) is 23.3 Å². The first kappa shape index (κ1) is 25.7. The molecule has 6 rings (SSSR count). The Bertz CT molecular complexity index is 1300. The molecule has 2 bridgehead atoms. The summed E-state index contributed by atoms with van der Waals surface area (Å²) >= 11 is 0.